The van der Waals surface area contributed by atoms with Crippen LogP contribution in [0, 0.1) is 6.92 Å². The van der Waals surface area contributed by atoms with Crippen LogP contribution in [0.2, 0.25) is 0 Å². The maximum Gasteiger partial charge on any atom is 0.303 e. The third kappa shape index (κ3) is 1.75. The molecule has 1 aromatic rings. The molecule has 5 nitrogen and oxygen atoms in total. The molecule has 0 amide bonds. The molecule has 0 unspecified atom stereocenters. The summed E-state index contributed by atoms with van der Waals surface area (Å²) in [5, 5.41) is 14.9. The monoisotopic (exact) mass is 169 g/mol. The molecule has 1 rings (SSSR count). The number of H-pyrrole nitrogens is 1. The lowest BCUT2D eigenvalue weighted by Crippen LogP contribution is -1.98. The number of rotatable bonds is 3. The summed E-state index contributed by atoms with van der Waals surface area (Å²) in [6.07, 6.45) is 0.549. The molecule has 66 valence electrons. The van der Waals surface area contributed by atoms with Gasteiger partial charge in [0.05, 0.1) is 6.42 Å². The third-order valence-electron chi connectivity index (χ3n) is 1.74. The van der Waals surface area contributed by atoms with E-state index < -0.39 is 5.97 Å². The lowest BCUT2D eigenvalue weighted by atomic mass is 10.1. The van der Waals surface area contributed by atoms with Gasteiger partial charge in [0, 0.05) is 11.3 Å². The zero-order valence-electron chi connectivity index (χ0n) is 6.79. The number of nitrogens with zero attached hydrogens (tertiary/aromatic N) is 1. The minimum Gasteiger partial charge on any atom is -0.481 e. The number of hydrogen-bond donors (Lipinski definition) is 3. The van der Waals surface area contributed by atoms with Crippen molar-refractivity contribution in [3.8, 4) is 0 Å². The van der Waals surface area contributed by atoms with E-state index in [2.05, 4.69) is 10.2 Å². The van der Waals surface area contributed by atoms with Crippen LogP contribution in [-0.4, -0.2) is 21.3 Å². The molecule has 0 aliphatic heterocycles. The van der Waals surface area contributed by atoms with Crippen LogP contribution in [-0.2, 0) is 11.2 Å². The lowest BCUT2D eigenvalue weighted by molar-refractivity contribution is -0.136. The summed E-state index contributed by atoms with van der Waals surface area (Å²) in [5.74, 6) is -0.377. The maximum absolute atomic E-state index is 10.2. The largest absolute Gasteiger partial charge is 0.481 e. The second kappa shape index (κ2) is 3.25. The number of carbonyl (C=O) groups is 1. The van der Waals surface area contributed by atoms with Crippen molar-refractivity contribution in [1.82, 2.24) is 10.2 Å². The first-order valence-corrected chi connectivity index (χ1v) is 3.62. The quantitative estimate of drug-likeness (QED) is 0.607. The van der Waals surface area contributed by atoms with Crippen LogP contribution >= 0.6 is 0 Å². The van der Waals surface area contributed by atoms with Gasteiger partial charge in [-0.25, -0.2) is 0 Å². The number of carboxylic acids is 1. The normalized spacial score (nSPS) is 10.1. The van der Waals surface area contributed by atoms with Crippen LogP contribution in [0.1, 0.15) is 17.7 Å². The molecule has 0 atom stereocenters. The van der Waals surface area contributed by atoms with Gasteiger partial charge in [0.1, 0.15) is 5.82 Å². The Morgan fingerprint density at radius 1 is 1.75 bits per heavy atom. The van der Waals surface area contributed by atoms with E-state index in [1.54, 1.807) is 0 Å². The molecular formula is C7H11N3O2. The fourth-order valence-electron chi connectivity index (χ4n) is 0.925. The van der Waals surface area contributed by atoms with E-state index >= 15 is 0 Å². The molecule has 12 heavy (non-hydrogen) atoms. The van der Waals surface area contributed by atoms with Crippen LogP contribution in [0.5, 0.6) is 0 Å². The van der Waals surface area contributed by atoms with Crippen LogP contribution < -0.4 is 5.73 Å². The molecule has 0 spiro atoms. The van der Waals surface area contributed by atoms with Crippen molar-refractivity contribution >= 4 is 11.8 Å². The van der Waals surface area contributed by atoms with Crippen LogP contribution in [0.3, 0.4) is 0 Å². The zero-order valence-corrected chi connectivity index (χ0v) is 6.79. The molecule has 0 radical (unpaired) electrons. The average molecular weight is 169 g/mol. The molecule has 0 aromatic carbocycles. The Labute approximate surface area is 69.6 Å². The summed E-state index contributed by atoms with van der Waals surface area (Å²) in [5.41, 5.74) is 7.10. The number of hydrogen-bond acceptors (Lipinski definition) is 3. The van der Waals surface area contributed by atoms with E-state index in [9.17, 15) is 4.79 Å². The Bertz CT molecular complexity index is 293. The number of aromatic amines is 1. The Hall–Kier alpha value is -1.52. The number of anilines is 1. The number of aliphatic carboxylic acids is 1. The van der Waals surface area contributed by atoms with Crippen LogP contribution in [0.4, 0.5) is 5.82 Å². The fourth-order valence-corrected chi connectivity index (χ4v) is 0.925. The molecule has 0 saturated carbocycles. The highest BCUT2D eigenvalue weighted by Gasteiger charge is 2.06. The number of nitrogens with two attached hydrogens (primary N) is 1. The minimum atomic E-state index is -0.817. The summed E-state index contributed by atoms with van der Waals surface area (Å²) in [6.45, 7) is 1.82. The first-order chi connectivity index (χ1) is 5.61. The topological polar surface area (TPSA) is 92.0 Å². The van der Waals surface area contributed by atoms with Crippen molar-refractivity contribution < 1.29 is 9.90 Å². The van der Waals surface area contributed by atoms with Gasteiger partial charge in [0.15, 0.2) is 0 Å². The molecule has 0 fully saturated rings. The van der Waals surface area contributed by atoms with Crippen molar-refractivity contribution in [2.75, 3.05) is 5.73 Å². The average Bonchev–Trinajstić information content (AvgIpc) is 2.30. The van der Waals surface area contributed by atoms with Gasteiger partial charge in [-0.2, -0.15) is 5.10 Å². The number of nitrogen functional groups attached to an aromatic ring is 1. The van der Waals surface area contributed by atoms with Gasteiger partial charge in [-0.15, -0.1) is 0 Å². The van der Waals surface area contributed by atoms with Gasteiger partial charge in [-0.05, 0) is 13.3 Å². The van der Waals surface area contributed by atoms with Gasteiger partial charge in [0.2, 0.25) is 0 Å². The molecule has 0 aliphatic carbocycles. The van der Waals surface area contributed by atoms with E-state index in [1.807, 2.05) is 6.92 Å². The van der Waals surface area contributed by atoms with E-state index in [1.165, 1.54) is 0 Å². The first-order valence-electron chi connectivity index (χ1n) is 3.62. The van der Waals surface area contributed by atoms with Crippen molar-refractivity contribution in [3.63, 3.8) is 0 Å². The van der Waals surface area contributed by atoms with Gasteiger partial charge >= 0.3 is 5.97 Å². The lowest BCUT2D eigenvalue weighted by Gasteiger charge is -1.94. The number of aromatic nitrogens is 2. The molecule has 5 heteroatoms. The summed E-state index contributed by atoms with van der Waals surface area (Å²) >= 11 is 0. The second-order valence-corrected chi connectivity index (χ2v) is 2.61. The molecule has 0 bridgehead atoms. The number of carboxylic acid groups (broad SMARTS) is 1. The highest BCUT2D eigenvalue weighted by atomic mass is 16.4. The Morgan fingerprint density at radius 3 is 2.83 bits per heavy atom. The first kappa shape index (κ1) is 8.58. The molecule has 0 saturated heterocycles. The molecule has 1 aromatic heterocycles. The number of nitrogens with one attached hydrogen (secondary N) is 1. The van der Waals surface area contributed by atoms with E-state index in [-0.39, 0.29) is 6.42 Å². The molecule has 4 N–H and O–H groups in total. The zero-order chi connectivity index (χ0) is 9.14. The SMILES string of the molecule is Cc1c(N)n[nH]c1CCC(=O)O. The Kier molecular flexibility index (Phi) is 2.32. The summed E-state index contributed by atoms with van der Waals surface area (Å²) < 4.78 is 0. The van der Waals surface area contributed by atoms with E-state index in [0.717, 1.165) is 11.3 Å². The molecular weight excluding hydrogens is 158 g/mol. The van der Waals surface area contributed by atoms with Crippen molar-refractivity contribution in [2.45, 2.75) is 19.8 Å². The summed E-state index contributed by atoms with van der Waals surface area (Å²) in [6, 6.07) is 0. The van der Waals surface area contributed by atoms with Crippen LogP contribution in [0.25, 0.3) is 0 Å². The van der Waals surface area contributed by atoms with Gasteiger partial charge in [-0.3, -0.25) is 9.89 Å². The predicted octanol–water partition coefficient (Wildman–Crippen LogP) is 0.318. The second-order valence-electron chi connectivity index (χ2n) is 2.61. The molecule has 1 heterocycles. The molecule has 0 aliphatic rings. The van der Waals surface area contributed by atoms with Gasteiger partial charge in [0.25, 0.3) is 0 Å². The van der Waals surface area contributed by atoms with Crippen molar-refractivity contribution in [1.29, 1.82) is 0 Å². The minimum absolute atomic E-state index is 0.0997. The van der Waals surface area contributed by atoms with Crippen LogP contribution in [0.15, 0.2) is 0 Å². The number of aryl methyl sites for hydroxylation is 1. The summed E-state index contributed by atoms with van der Waals surface area (Å²) in [7, 11) is 0. The predicted molar refractivity (Wildman–Crippen MR) is 43.7 cm³/mol. The van der Waals surface area contributed by atoms with Crippen molar-refractivity contribution in [3.05, 3.63) is 11.3 Å². The van der Waals surface area contributed by atoms with E-state index in [0.29, 0.717) is 12.2 Å². The van der Waals surface area contributed by atoms with E-state index in [4.69, 9.17) is 10.8 Å². The third-order valence-corrected chi connectivity index (χ3v) is 1.74. The van der Waals surface area contributed by atoms with Crippen molar-refractivity contribution in [2.24, 2.45) is 0 Å². The van der Waals surface area contributed by atoms with Gasteiger partial charge < -0.3 is 10.8 Å². The fraction of sp³-hybridized carbons (Fsp3) is 0.429. The maximum atomic E-state index is 10.2. The summed E-state index contributed by atoms with van der Waals surface area (Å²) in [4.78, 5) is 10.2. The Morgan fingerprint density at radius 2 is 2.42 bits per heavy atom. The van der Waals surface area contributed by atoms with Gasteiger partial charge in [-0.1, -0.05) is 0 Å². The highest BCUT2D eigenvalue weighted by molar-refractivity contribution is 5.67. The Balaban J connectivity index is 2.63. The highest BCUT2D eigenvalue weighted by Crippen LogP contribution is 2.12. The standard InChI is InChI=1S/C7H11N3O2/c1-4-5(2-3-6(11)12)9-10-7(4)8/h2-3H2,1H3,(H,11,12)(H3,8,9,10). The smallest absolute Gasteiger partial charge is 0.303 e.